The third kappa shape index (κ3) is 4.24. The molecule has 0 radical (unpaired) electrons. The maximum Gasteiger partial charge on any atom is 0.220 e. The molecule has 1 aliphatic heterocycles. The summed E-state index contributed by atoms with van der Waals surface area (Å²) in [4.78, 5) is 11.9. The molecule has 1 amide bonds. The molecule has 1 fully saturated rings. The van der Waals surface area contributed by atoms with Gasteiger partial charge in [0.2, 0.25) is 5.91 Å². The van der Waals surface area contributed by atoms with Crippen LogP contribution >= 0.6 is 0 Å². The van der Waals surface area contributed by atoms with E-state index in [0.717, 1.165) is 37.1 Å². The first-order chi connectivity index (χ1) is 9.15. The zero-order valence-corrected chi connectivity index (χ0v) is 11.4. The molecular weight excluding hydrogens is 240 g/mol. The molecule has 19 heavy (non-hydrogen) atoms. The summed E-state index contributed by atoms with van der Waals surface area (Å²) >= 11 is 0. The molecule has 1 aromatic carbocycles. The van der Waals surface area contributed by atoms with E-state index in [-0.39, 0.29) is 18.1 Å². The minimum absolute atomic E-state index is 0.0832. The molecule has 2 atom stereocenters. The highest BCUT2D eigenvalue weighted by Gasteiger charge is 2.23. The first kappa shape index (κ1) is 13.9. The van der Waals surface area contributed by atoms with Crippen molar-refractivity contribution in [1.82, 2.24) is 5.32 Å². The molecule has 3 N–H and O–H groups in total. The molecule has 0 aliphatic carbocycles. The van der Waals surface area contributed by atoms with Gasteiger partial charge in [0.1, 0.15) is 0 Å². The summed E-state index contributed by atoms with van der Waals surface area (Å²) in [6.45, 7) is 2.83. The standard InChI is InChI=1S/C15H22N2O2/c1-11(14-3-2-10-19-14)17-15(18)9-6-12-4-7-13(16)8-5-12/h4-5,7-8,11,14H,2-3,6,9-10,16H2,1H3,(H,17,18). The minimum Gasteiger partial charge on any atom is -0.399 e. The third-order valence-electron chi connectivity index (χ3n) is 3.53. The molecule has 2 unspecified atom stereocenters. The quantitative estimate of drug-likeness (QED) is 0.796. The SMILES string of the molecule is CC(NC(=O)CCc1ccc(N)cc1)C1CCCO1. The molecule has 4 heteroatoms. The van der Waals surface area contributed by atoms with Crippen LogP contribution < -0.4 is 11.1 Å². The van der Waals surface area contributed by atoms with E-state index in [1.54, 1.807) is 0 Å². The Morgan fingerprint density at radius 3 is 2.84 bits per heavy atom. The highest BCUT2D eigenvalue weighted by atomic mass is 16.5. The third-order valence-corrected chi connectivity index (χ3v) is 3.53. The Hall–Kier alpha value is -1.55. The molecule has 1 saturated heterocycles. The average Bonchev–Trinajstić information content (AvgIpc) is 2.92. The summed E-state index contributed by atoms with van der Waals surface area (Å²) in [7, 11) is 0. The van der Waals surface area contributed by atoms with Crippen molar-refractivity contribution >= 4 is 11.6 Å². The summed E-state index contributed by atoms with van der Waals surface area (Å²) in [6, 6.07) is 7.75. The lowest BCUT2D eigenvalue weighted by Gasteiger charge is -2.19. The molecule has 1 heterocycles. The van der Waals surface area contributed by atoms with Gasteiger partial charge in [-0.05, 0) is 43.9 Å². The molecule has 2 rings (SSSR count). The molecular formula is C15H22N2O2. The second-order valence-electron chi connectivity index (χ2n) is 5.15. The number of benzene rings is 1. The zero-order chi connectivity index (χ0) is 13.7. The lowest BCUT2D eigenvalue weighted by molar-refractivity contribution is -0.122. The predicted molar refractivity (Wildman–Crippen MR) is 75.8 cm³/mol. The maximum atomic E-state index is 11.9. The van der Waals surface area contributed by atoms with Crippen molar-refractivity contribution in [2.24, 2.45) is 0 Å². The molecule has 1 aromatic rings. The van der Waals surface area contributed by atoms with Gasteiger partial charge in [-0.3, -0.25) is 4.79 Å². The van der Waals surface area contributed by atoms with Crippen LogP contribution in [0.25, 0.3) is 0 Å². The number of nitrogens with two attached hydrogens (primary N) is 1. The van der Waals surface area contributed by atoms with Gasteiger partial charge in [0.25, 0.3) is 0 Å². The van der Waals surface area contributed by atoms with Gasteiger partial charge in [-0.2, -0.15) is 0 Å². The summed E-state index contributed by atoms with van der Waals surface area (Å²) < 4.78 is 5.56. The van der Waals surface area contributed by atoms with E-state index < -0.39 is 0 Å². The number of nitrogens with one attached hydrogen (secondary N) is 1. The van der Waals surface area contributed by atoms with Crippen LogP contribution in [0.15, 0.2) is 24.3 Å². The van der Waals surface area contributed by atoms with Crippen LogP contribution in [0, 0.1) is 0 Å². The molecule has 0 spiro atoms. The van der Waals surface area contributed by atoms with Crippen LogP contribution in [0.5, 0.6) is 0 Å². The molecule has 0 bridgehead atoms. The molecule has 0 saturated carbocycles. The van der Waals surface area contributed by atoms with Gasteiger partial charge in [0, 0.05) is 18.7 Å². The number of anilines is 1. The zero-order valence-electron chi connectivity index (χ0n) is 11.4. The van der Waals surface area contributed by atoms with Crippen LogP contribution in [0.3, 0.4) is 0 Å². The fourth-order valence-corrected chi connectivity index (χ4v) is 2.36. The highest BCUT2D eigenvalue weighted by Crippen LogP contribution is 2.15. The topological polar surface area (TPSA) is 64.4 Å². The van der Waals surface area contributed by atoms with Crippen molar-refractivity contribution in [3.63, 3.8) is 0 Å². The largest absolute Gasteiger partial charge is 0.399 e. The lowest BCUT2D eigenvalue weighted by atomic mass is 10.1. The van der Waals surface area contributed by atoms with Crippen molar-refractivity contribution in [3.8, 4) is 0 Å². The fraction of sp³-hybridized carbons (Fsp3) is 0.533. The van der Waals surface area contributed by atoms with Gasteiger partial charge in [-0.25, -0.2) is 0 Å². The number of aryl methyl sites for hydroxylation is 1. The summed E-state index contributed by atoms with van der Waals surface area (Å²) in [5, 5.41) is 3.01. The Kier molecular flexibility index (Phi) is 4.80. The van der Waals surface area contributed by atoms with E-state index in [1.165, 1.54) is 0 Å². The highest BCUT2D eigenvalue weighted by molar-refractivity contribution is 5.76. The Bertz CT molecular complexity index is 411. The predicted octanol–water partition coefficient (Wildman–Crippen LogP) is 1.89. The Morgan fingerprint density at radius 2 is 2.21 bits per heavy atom. The van der Waals surface area contributed by atoms with Gasteiger partial charge < -0.3 is 15.8 Å². The Balaban J connectivity index is 1.73. The van der Waals surface area contributed by atoms with Crippen molar-refractivity contribution in [1.29, 1.82) is 0 Å². The lowest BCUT2D eigenvalue weighted by Crippen LogP contribution is -2.40. The van der Waals surface area contributed by atoms with E-state index >= 15 is 0 Å². The summed E-state index contributed by atoms with van der Waals surface area (Å²) in [5.41, 5.74) is 7.51. The van der Waals surface area contributed by atoms with Crippen molar-refractivity contribution < 1.29 is 9.53 Å². The monoisotopic (exact) mass is 262 g/mol. The van der Waals surface area contributed by atoms with Gasteiger partial charge in [-0.1, -0.05) is 12.1 Å². The maximum absolute atomic E-state index is 11.9. The molecule has 104 valence electrons. The number of carbonyl (C=O) groups is 1. The van der Waals surface area contributed by atoms with E-state index in [1.807, 2.05) is 31.2 Å². The number of nitrogen functional groups attached to an aromatic ring is 1. The minimum atomic E-state index is 0.0832. The number of hydrogen-bond donors (Lipinski definition) is 2. The van der Waals surface area contributed by atoms with Crippen LogP contribution in [-0.2, 0) is 16.0 Å². The van der Waals surface area contributed by atoms with E-state index in [0.29, 0.717) is 6.42 Å². The van der Waals surface area contributed by atoms with Crippen LogP contribution in [-0.4, -0.2) is 24.7 Å². The summed E-state index contributed by atoms with van der Waals surface area (Å²) in [5.74, 6) is 0.0832. The van der Waals surface area contributed by atoms with Crippen molar-refractivity contribution in [3.05, 3.63) is 29.8 Å². The number of carbonyl (C=O) groups excluding carboxylic acids is 1. The second-order valence-corrected chi connectivity index (χ2v) is 5.15. The van der Waals surface area contributed by atoms with Crippen molar-refractivity contribution in [2.45, 2.75) is 44.8 Å². The Labute approximate surface area is 114 Å². The number of rotatable bonds is 5. The van der Waals surface area contributed by atoms with Crippen molar-refractivity contribution in [2.75, 3.05) is 12.3 Å². The Morgan fingerprint density at radius 1 is 1.47 bits per heavy atom. The van der Waals surface area contributed by atoms with Crippen LogP contribution in [0.2, 0.25) is 0 Å². The fourth-order valence-electron chi connectivity index (χ4n) is 2.36. The first-order valence-electron chi connectivity index (χ1n) is 6.90. The van der Waals surface area contributed by atoms with E-state index in [9.17, 15) is 4.79 Å². The van der Waals surface area contributed by atoms with Crippen LogP contribution in [0.4, 0.5) is 5.69 Å². The normalized spacial score (nSPS) is 20.2. The van der Waals surface area contributed by atoms with Crippen LogP contribution in [0.1, 0.15) is 31.7 Å². The molecule has 1 aliphatic rings. The number of ether oxygens (including phenoxy) is 1. The van der Waals surface area contributed by atoms with Gasteiger partial charge in [0.05, 0.1) is 12.1 Å². The smallest absolute Gasteiger partial charge is 0.220 e. The van der Waals surface area contributed by atoms with Gasteiger partial charge in [0.15, 0.2) is 0 Å². The molecule has 4 nitrogen and oxygen atoms in total. The first-order valence-corrected chi connectivity index (χ1v) is 6.90. The average molecular weight is 262 g/mol. The molecule has 0 aromatic heterocycles. The number of amides is 1. The van der Waals surface area contributed by atoms with Gasteiger partial charge >= 0.3 is 0 Å². The summed E-state index contributed by atoms with van der Waals surface area (Å²) in [6.07, 6.45) is 3.56. The van der Waals surface area contributed by atoms with E-state index in [2.05, 4.69) is 5.32 Å². The van der Waals surface area contributed by atoms with E-state index in [4.69, 9.17) is 10.5 Å². The second kappa shape index (κ2) is 6.57. The number of hydrogen-bond acceptors (Lipinski definition) is 3. The van der Waals surface area contributed by atoms with Gasteiger partial charge in [-0.15, -0.1) is 0 Å².